The summed E-state index contributed by atoms with van der Waals surface area (Å²) in [6.07, 6.45) is -4.60. The average Bonchev–Trinajstić information content (AvgIpc) is 2.40. The van der Waals surface area contributed by atoms with Crippen LogP contribution in [0.5, 0.6) is 0 Å². The van der Waals surface area contributed by atoms with Crippen LogP contribution in [0.25, 0.3) is 0 Å². The number of aryl methyl sites for hydroxylation is 1. The molecule has 2 aromatic rings. The summed E-state index contributed by atoms with van der Waals surface area (Å²) in [4.78, 5) is 12.1. The number of carbonyl (C=O) groups is 1. The largest absolute Gasteiger partial charge is 0.417 e. The van der Waals surface area contributed by atoms with Crippen molar-refractivity contribution >= 4 is 27.5 Å². The van der Waals surface area contributed by atoms with Crippen LogP contribution < -0.4 is 5.32 Å². The summed E-state index contributed by atoms with van der Waals surface area (Å²) in [5, 5.41) is 2.50. The fourth-order valence-corrected chi connectivity index (χ4v) is 2.21. The highest BCUT2D eigenvalue weighted by molar-refractivity contribution is 9.10. The lowest BCUT2D eigenvalue weighted by Crippen LogP contribution is -2.19. The molecule has 6 heteroatoms. The molecule has 0 aliphatic rings. The van der Waals surface area contributed by atoms with Crippen LogP contribution in [0.4, 0.5) is 18.9 Å². The van der Waals surface area contributed by atoms with Gasteiger partial charge in [0.2, 0.25) is 0 Å². The van der Waals surface area contributed by atoms with Crippen LogP contribution in [0.1, 0.15) is 21.5 Å². The predicted octanol–water partition coefficient (Wildman–Crippen LogP) is 5.03. The van der Waals surface area contributed by atoms with Crippen LogP contribution >= 0.6 is 15.9 Å². The molecule has 2 aromatic carbocycles. The molecule has 0 radical (unpaired) electrons. The molecular formula is C15H11BrF3NO. The van der Waals surface area contributed by atoms with Crippen LogP contribution in [-0.2, 0) is 6.18 Å². The number of benzene rings is 2. The van der Waals surface area contributed by atoms with Gasteiger partial charge in [0.05, 0.1) is 11.1 Å². The Bertz CT molecular complexity index is 683. The minimum atomic E-state index is -4.60. The molecule has 0 spiro atoms. The molecule has 0 aliphatic heterocycles. The van der Waals surface area contributed by atoms with Crippen molar-refractivity contribution in [3.63, 3.8) is 0 Å². The zero-order valence-electron chi connectivity index (χ0n) is 11.0. The minimum absolute atomic E-state index is 0.266. The first kappa shape index (κ1) is 15.6. The summed E-state index contributed by atoms with van der Waals surface area (Å²) >= 11 is 2.98. The summed E-state index contributed by atoms with van der Waals surface area (Å²) in [5.41, 5.74) is -0.119. The first-order valence-corrected chi connectivity index (χ1v) is 6.82. The zero-order valence-corrected chi connectivity index (χ0v) is 12.5. The molecule has 0 aromatic heterocycles. The summed E-state index contributed by atoms with van der Waals surface area (Å²) in [6, 6.07) is 10.3. The molecule has 0 unspecified atom stereocenters. The number of nitrogens with one attached hydrogen (secondary N) is 1. The smallest absolute Gasteiger partial charge is 0.322 e. The maximum Gasteiger partial charge on any atom is 0.417 e. The van der Waals surface area contributed by atoms with E-state index >= 15 is 0 Å². The highest BCUT2D eigenvalue weighted by Crippen LogP contribution is 2.34. The standard InChI is InChI=1S/C15H11BrF3NO/c1-9-4-2-3-5-13(9)20-14(21)11-7-6-10(16)8-12(11)15(17,18)19/h2-8H,1H3,(H,20,21). The fourth-order valence-electron chi connectivity index (χ4n) is 1.85. The van der Waals surface area contributed by atoms with Crippen LogP contribution in [0.15, 0.2) is 46.9 Å². The molecule has 1 amide bonds. The molecule has 2 rings (SSSR count). The number of hydrogen-bond donors (Lipinski definition) is 1. The monoisotopic (exact) mass is 357 g/mol. The van der Waals surface area contributed by atoms with E-state index in [1.165, 1.54) is 6.07 Å². The molecule has 0 bridgehead atoms. The fraction of sp³-hybridized carbons (Fsp3) is 0.133. The van der Waals surface area contributed by atoms with E-state index in [0.717, 1.165) is 17.7 Å². The van der Waals surface area contributed by atoms with Gasteiger partial charge >= 0.3 is 6.18 Å². The van der Waals surface area contributed by atoms with Crippen molar-refractivity contribution in [3.05, 3.63) is 63.6 Å². The predicted molar refractivity (Wildman–Crippen MR) is 78.3 cm³/mol. The van der Waals surface area contributed by atoms with Crippen molar-refractivity contribution in [1.82, 2.24) is 0 Å². The van der Waals surface area contributed by atoms with Crippen LogP contribution in [0.3, 0.4) is 0 Å². The highest BCUT2D eigenvalue weighted by atomic mass is 79.9. The third kappa shape index (κ3) is 3.64. The van der Waals surface area contributed by atoms with Gasteiger partial charge in [0.15, 0.2) is 0 Å². The van der Waals surface area contributed by atoms with E-state index in [0.29, 0.717) is 5.69 Å². The summed E-state index contributed by atoms with van der Waals surface area (Å²) in [7, 11) is 0. The van der Waals surface area contributed by atoms with Crippen molar-refractivity contribution in [2.45, 2.75) is 13.1 Å². The number of rotatable bonds is 2. The van der Waals surface area contributed by atoms with E-state index < -0.39 is 23.2 Å². The van der Waals surface area contributed by atoms with Crippen molar-refractivity contribution in [1.29, 1.82) is 0 Å². The quantitative estimate of drug-likeness (QED) is 0.802. The first-order chi connectivity index (χ1) is 9.79. The number of halogens is 4. The van der Waals surface area contributed by atoms with Crippen LogP contribution in [0, 0.1) is 6.92 Å². The van der Waals surface area contributed by atoms with E-state index in [2.05, 4.69) is 21.2 Å². The lowest BCUT2D eigenvalue weighted by molar-refractivity contribution is -0.137. The van der Waals surface area contributed by atoms with Crippen LogP contribution in [0.2, 0.25) is 0 Å². The third-order valence-corrected chi connectivity index (χ3v) is 3.42. The van der Waals surface area contributed by atoms with Gasteiger partial charge in [-0.05, 0) is 36.8 Å². The normalized spacial score (nSPS) is 11.3. The highest BCUT2D eigenvalue weighted by Gasteiger charge is 2.35. The number of para-hydroxylation sites is 1. The third-order valence-electron chi connectivity index (χ3n) is 2.92. The van der Waals surface area contributed by atoms with E-state index in [9.17, 15) is 18.0 Å². The minimum Gasteiger partial charge on any atom is -0.322 e. The first-order valence-electron chi connectivity index (χ1n) is 6.03. The van der Waals surface area contributed by atoms with E-state index in [1.807, 2.05) is 0 Å². The van der Waals surface area contributed by atoms with Gasteiger partial charge in [-0.2, -0.15) is 13.2 Å². The maximum absolute atomic E-state index is 13.0. The summed E-state index contributed by atoms with van der Waals surface area (Å²) in [6.45, 7) is 1.77. The Morgan fingerprint density at radius 3 is 2.43 bits per heavy atom. The Morgan fingerprint density at radius 2 is 1.81 bits per heavy atom. The number of amides is 1. The van der Waals surface area contributed by atoms with Gasteiger partial charge in [-0.3, -0.25) is 4.79 Å². The van der Waals surface area contributed by atoms with Crippen LogP contribution in [-0.4, -0.2) is 5.91 Å². The molecule has 0 heterocycles. The van der Waals surface area contributed by atoms with Gasteiger partial charge in [0.1, 0.15) is 0 Å². The zero-order chi connectivity index (χ0) is 15.6. The second kappa shape index (κ2) is 5.89. The van der Waals surface area contributed by atoms with Crippen molar-refractivity contribution < 1.29 is 18.0 Å². The van der Waals surface area contributed by atoms with E-state index in [-0.39, 0.29) is 4.47 Å². The number of hydrogen-bond acceptors (Lipinski definition) is 1. The Kier molecular flexibility index (Phi) is 4.37. The molecule has 2 nitrogen and oxygen atoms in total. The Labute approximate surface area is 128 Å². The van der Waals surface area contributed by atoms with E-state index in [1.54, 1.807) is 31.2 Å². The molecule has 0 fully saturated rings. The van der Waals surface area contributed by atoms with E-state index in [4.69, 9.17) is 0 Å². The average molecular weight is 358 g/mol. The van der Waals surface area contributed by atoms with Gasteiger partial charge in [-0.1, -0.05) is 34.1 Å². The molecule has 110 valence electrons. The Hall–Kier alpha value is -1.82. The Morgan fingerprint density at radius 1 is 1.14 bits per heavy atom. The van der Waals surface area contributed by atoms with Crippen molar-refractivity contribution in [2.24, 2.45) is 0 Å². The molecule has 0 atom stereocenters. The SMILES string of the molecule is Cc1ccccc1NC(=O)c1ccc(Br)cc1C(F)(F)F. The second-order valence-electron chi connectivity index (χ2n) is 4.46. The number of anilines is 1. The maximum atomic E-state index is 13.0. The molecule has 1 N–H and O–H groups in total. The lowest BCUT2D eigenvalue weighted by Gasteiger charge is -2.14. The van der Waals surface area contributed by atoms with Crippen molar-refractivity contribution in [2.75, 3.05) is 5.32 Å². The molecule has 0 saturated heterocycles. The van der Waals surface area contributed by atoms with Gasteiger partial charge in [-0.15, -0.1) is 0 Å². The summed E-state index contributed by atoms with van der Waals surface area (Å²) < 4.78 is 39.3. The topological polar surface area (TPSA) is 29.1 Å². The lowest BCUT2D eigenvalue weighted by atomic mass is 10.1. The van der Waals surface area contributed by atoms with Gasteiger partial charge in [0, 0.05) is 10.2 Å². The molecular weight excluding hydrogens is 347 g/mol. The molecule has 0 aliphatic carbocycles. The summed E-state index contributed by atoms with van der Waals surface area (Å²) in [5.74, 6) is -0.788. The number of alkyl halides is 3. The second-order valence-corrected chi connectivity index (χ2v) is 5.37. The Balaban J connectivity index is 2.38. The van der Waals surface area contributed by atoms with Crippen molar-refractivity contribution in [3.8, 4) is 0 Å². The molecule has 21 heavy (non-hydrogen) atoms. The van der Waals surface area contributed by atoms with Gasteiger partial charge in [0.25, 0.3) is 5.91 Å². The molecule has 0 saturated carbocycles. The number of carbonyl (C=O) groups excluding carboxylic acids is 1. The van der Waals surface area contributed by atoms with Gasteiger partial charge < -0.3 is 5.32 Å². The van der Waals surface area contributed by atoms with Gasteiger partial charge in [-0.25, -0.2) is 0 Å².